The molecule has 2 aromatic rings. The third kappa shape index (κ3) is 4.95. The molecule has 1 aromatic carbocycles. The predicted octanol–water partition coefficient (Wildman–Crippen LogP) is 3.44. The molecule has 0 saturated carbocycles. The van der Waals surface area contributed by atoms with Gasteiger partial charge in [0.15, 0.2) is 0 Å². The summed E-state index contributed by atoms with van der Waals surface area (Å²) in [5.41, 5.74) is 6.40. The van der Waals surface area contributed by atoms with E-state index in [1.165, 1.54) is 11.3 Å². The van der Waals surface area contributed by atoms with E-state index in [9.17, 15) is 9.59 Å². The molecule has 1 saturated heterocycles. The maximum atomic E-state index is 12.9. The SMILES string of the molecule is COc1ccc(Cl)cc1-c1cc(C(=O)N[C@H]2CCCCNC2)c(NC(N)=O)s1. The standard InChI is InChI=1S/C19H23ClN4O3S/c1-27-15-6-5-11(20)8-13(15)16-9-14(18(28-16)24-19(21)26)17(25)23-12-4-2-3-7-22-10-12/h5-6,8-9,12,22H,2-4,7,10H2,1H3,(H,23,25)(H3,21,24,26)/t12-/m0/s1. The van der Waals surface area contributed by atoms with Crippen molar-refractivity contribution in [1.29, 1.82) is 0 Å². The summed E-state index contributed by atoms with van der Waals surface area (Å²) in [6.07, 6.45) is 3.06. The lowest BCUT2D eigenvalue weighted by atomic mass is 10.1. The summed E-state index contributed by atoms with van der Waals surface area (Å²) in [7, 11) is 1.57. The van der Waals surface area contributed by atoms with Crippen LogP contribution in [0.25, 0.3) is 10.4 Å². The number of carbonyl (C=O) groups excluding carboxylic acids is 2. The summed E-state index contributed by atoms with van der Waals surface area (Å²) >= 11 is 7.38. The normalized spacial score (nSPS) is 16.9. The second kappa shape index (κ2) is 9.27. The van der Waals surface area contributed by atoms with Crippen LogP contribution in [0.4, 0.5) is 9.80 Å². The molecule has 3 rings (SSSR count). The zero-order valence-corrected chi connectivity index (χ0v) is 17.1. The largest absolute Gasteiger partial charge is 0.496 e. The van der Waals surface area contributed by atoms with Gasteiger partial charge in [0.1, 0.15) is 10.8 Å². The van der Waals surface area contributed by atoms with E-state index in [1.807, 2.05) is 0 Å². The maximum Gasteiger partial charge on any atom is 0.317 e. The number of amides is 3. The van der Waals surface area contributed by atoms with Crippen molar-refractivity contribution in [2.24, 2.45) is 5.73 Å². The quantitative estimate of drug-likeness (QED) is 0.592. The highest BCUT2D eigenvalue weighted by molar-refractivity contribution is 7.20. The highest BCUT2D eigenvalue weighted by Gasteiger charge is 2.22. The Morgan fingerprint density at radius 1 is 1.32 bits per heavy atom. The summed E-state index contributed by atoms with van der Waals surface area (Å²) < 4.78 is 5.41. The Kier molecular flexibility index (Phi) is 6.77. The van der Waals surface area contributed by atoms with Crippen LogP contribution in [0, 0.1) is 0 Å². The highest BCUT2D eigenvalue weighted by Crippen LogP contribution is 2.40. The van der Waals surface area contributed by atoms with E-state index in [4.69, 9.17) is 22.1 Å². The third-order valence-electron chi connectivity index (χ3n) is 4.52. The number of benzene rings is 1. The lowest BCUT2D eigenvalue weighted by Gasteiger charge is -2.16. The molecule has 9 heteroatoms. The fourth-order valence-corrected chi connectivity index (χ4v) is 4.43. The Labute approximate surface area is 172 Å². The number of halogens is 1. The van der Waals surface area contributed by atoms with Gasteiger partial charge < -0.3 is 21.1 Å². The van der Waals surface area contributed by atoms with Crippen molar-refractivity contribution in [3.63, 3.8) is 0 Å². The Morgan fingerprint density at radius 2 is 2.14 bits per heavy atom. The Hall–Kier alpha value is -2.29. The van der Waals surface area contributed by atoms with E-state index in [0.29, 0.717) is 21.3 Å². The van der Waals surface area contributed by atoms with Crippen molar-refractivity contribution >= 4 is 39.9 Å². The lowest BCUT2D eigenvalue weighted by molar-refractivity contribution is 0.0937. The maximum absolute atomic E-state index is 12.9. The van der Waals surface area contributed by atoms with Gasteiger partial charge in [0, 0.05) is 28.0 Å². The molecule has 1 aliphatic rings. The minimum atomic E-state index is -0.725. The van der Waals surface area contributed by atoms with Crippen molar-refractivity contribution in [2.45, 2.75) is 25.3 Å². The molecular formula is C19H23ClN4O3S. The smallest absolute Gasteiger partial charge is 0.317 e. The van der Waals surface area contributed by atoms with Gasteiger partial charge in [-0.2, -0.15) is 0 Å². The average molecular weight is 423 g/mol. The van der Waals surface area contributed by atoms with E-state index in [2.05, 4.69) is 16.0 Å². The van der Waals surface area contributed by atoms with Gasteiger partial charge >= 0.3 is 6.03 Å². The molecule has 28 heavy (non-hydrogen) atoms. The van der Waals surface area contributed by atoms with Gasteiger partial charge in [0.05, 0.1) is 12.7 Å². The predicted molar refractivity (Wildman–Crippen MR) is 112 cm³/mol. The van der Waals surface area contributed by atoms with Gasteiger partial charge in [-0.15, -0.1) is 11.3 Å². The molecule has 0 radical (unpaired) electrons. The minimum absolute atomic E-state index is 0.0421. The number of hydrogen-bond acceptors (Lipinski definition) is 5. The van der Waals surface area contributed by atoms with Gasteiger partial charge in [0.25, 0.3) is 5.91 Å². The molecule has 1 aromatic heterocycles. The van der Waals surface area contributed by atoms with Crippen LogP contribution >= 0.6 is 22.9 Å². The molecule has 150 valence electrons. The van der Waals surface area contributed by atoms with Crippen LogP contribution < -0.4 is 26.4 Å². The highest BCUT2D eigenvalue weighted by atomic mass is 35.5. The summed E-state index contributed by atoms with van der Waals surface area (Å²) in [6.45, 7) is 1.68. The van der Waals surface area contributed by atoms with Gasteiger partial charge in [-0.3, -0.25) is 10.1 Å². The first-order valence-corrected chi connectivity index (χ1v) is 10.2. The monoisotopic (exact) mass is 422 g/mol. The van der Waals surface area contributed by atoms with Crippen molar-refractivity contribution < 1.29 is 14.3 Å². The summed E-state index contributed by atoms with van der Waals surface area (Å²) in [6, 6.07) is 6.29. The van der Waals surface area contributed by atoms with Gasteiger partial charge in [-0.05, 0) is 43.7 Å². The number of carbonyl (C=O) groups is 2. The summed E-state index contributed by atoms with van der Waals surface area (Å²) in [4.78, 5) is 25.1. The minimum Gasteiger partial charge on any atom is -0.496 e. The lowest BCUT2D eigenvalue weighted by Crippen LogP contribution is -2.41. The van der Waals surface area contributed by atoms with Gasteiger partial charge in [0.2, 0.25) is 0 Å². The van der Waals surface area contributed by atoms with Crippen molar-refractivity contribution in [3.8, 4) is 16.2 Å². The average Bonchev–Trinajstić information content (AvgIpc) is 2.89. The molecule has 3 amide bonds. The number of nitrogens with one attached hydrogen (secondary N) is 3. The molecule has 1 aliphatic heterocycles. The number of nitrogens with two attached hydrogens (primary N) is 1. The number of anilines is 1. The fourth-order valence-electron chi connectivity index (χ4n) is 3.18. The van der Waals surface area contributed by atoms with E-state index in [0.717, 1.165) is 42.8 Å². The Morgan fingerprint density at radius 3 is 2.89 bits per heavy atom. The molecule has 0 spiro atoms. The Balaban J connectivity index is 1.92. The molecule has 1 atom stereocenters. The first kappa shape index (κ1) is 20.4. The molecule has 1 fully saturated rings. The van der Waals surface area contributed by atoms with Crippen LogP contribution in [-0.2, 0) is 0 Å². The van der Waals surface area contributed by atoms with Crippen LogP contribution in [0.2, 0.25) is 5.02 Å². The zero-order valence-electron chi connectivity index (χ0n) is 15.5. The number of hydrogen-bond donors (Lipinski definition) is 4. The van der Waals surface area contributed by atoms with Gasteiger partial charge in [-0.25, -0.2) is 4.79 Å². The zero-order chi connectivity index (χ0) is 20.1. The number of urea groups is 1. The molecule has 7 nitrogen and oxygen atoms in total. The van der Waals surface area contributed by atoms with E-state index in [-0.39, 0.29) is 11.9 Å². The van der Waals surface area contributed by atoms with Crippen LogP contribution in [-0.4, -0.2) is 38.2 Å². The number of methoxy groups -OCH3 is 1. The van der Waals surface area contributed by atoms with Crippen molar-refractivity contribution in [3.05, 3.63) is 34.9 Å². The first-order chi connectivity index (χ1) is 13.5. The molecule has 5 N–H and O–H groups in total. The third-order valence-corrected chi connectivity index (χ3v) is 5.84. The van der Waals surface area contributed by atoms with Crippen LogP contribution in [0.1, 0.15) is 29.6 Å². The van der Waals surface area contributed by atoms with E-state index >= 15 is 0 Å². The number of thiophene rings is 1. The fraction of sp³-hybridized carbons (Fsp3) is 0.368. The van der Waals surface area contributed by atoms with Crippen LogP contribution in [0.3, 0.4) is 0 Å². The van der Waals surface area contributed by atoms with E-state index in [1.54, 1.807) is 31.4 Å². The number of rotatable bonds is 5. The molecular weight excluding hydrogens is 400 g/mol. The Bertz CT molecular complexity index is 863. The molecule has 0 bridgehead atoms. The molecule has 0 unspecified atom stereocenters. The first-order valence-electron chi connectivity index (χ1n) is 9.03. The number of ether oxygens (including phenoxy) is 1. The summed E-state index contributed by atoms with van der Waals surface area (Å²) in [5.74, 6) is 0.372. The van der Waals surface area contributed by atoms with Crippen LogP contribution in [0.15, 0.2) is 24.3 Å². The molecule has 2 heterocycles. The second-order valence-electron chi connectivity index (χ2n) is 6.56. The van der Waals surface area contributed by atoms with Gasteiger partial charge in [-0.1, -0.05) is 18.0 Å². The van der Waals surface area contributed by atoms with Crippen molar-refractivity contribution in [1.82, 2.24) is 10.6 Å². The second-order valence-corrected chi connectivity index (χ2v) is 8.05. The van der Waals surface area contributed by atoms with E-state index < -0.39 is 6.03 Å². The number of primary amides is 1. The topological polar surface area (TPSA) is 105 Å². The van der Waals surface area contributed by atoms with Crippen LogP contribution in [0.5, 0.6) is 5.75 Å². The summed E-state index contributed by atoms with van der Waals surface area (Å²) in [5, 5.41) is 9.86. The molecule has 0 aliphatic carbocycles. The van der Waals surface area contributed by atoms with Crippen molar-refractivity contribution in [2.75, 3.05) is 25.5 Å².